The number of rotatable bonds is 7. The summed E-state index contributed by atoms with van der Waals surface area (Å²) in [7, 11) is 1.38. The first-order valence-electron chi connectivity index (χ1n) is 5.86. The normalized spacial score (nSPS) is 10.2. The Bertz CT molecular complexity index is 399. The number of halogens is 2. The van der Waals surface area contributed by atoms with Crippen LogP contribution in [0.15, 0.2) is 18.2 Å². The molecular weight excluding hydrogens is 257 g/mol. The molecule has 1 N–H and O–H groups in total. The molecule has 3 nitrogen and oxygen atoms in total. The molecule has 0 heterocycles. The lowest BCUT2D eigenvalue weighted by Crippen LogP contribution is -2.24. The molecule has 5 heteroatoms. The topological polar surface area (TPSA) is 38.3 Å². The van der Waals surface area contributed by atoms with Gasteiger partial charge in [0.25, 0.3) is 5.91 Å². The van der Waals surface area contributed by atoms with Crippen molar-refractivity contribution >= 4 is 17.5 Å². The Labute approximate surface area is 111 Å². The second-order valence-corrected chi connectivity index (χ2v) is 4.23. The van der Waals surface area contributed by atoms with Gasteiger partial charge >= 0.3 is 0 Å². The van der Waals surface area contributed by atoms with Crippen molar-refractivity contribution in [3.8, 4) is 5.75 Å². The lowest BCUT2D eigenvalue weighted by molar-refractivity contribution is 0.0952. The average Bonchev–Trinajstić information content (AvgIpc) is 2.38. The summed E-state index contributed by atoms with van der Waals surface area (Å²) in [6.45, 7) is 0.573. The van der Waals surface area contributed by atoms with Crippen molar-refractivity contribution in [1.82, 2.24) is 5.32 Å². The summed E-state index contributed by atoms with van der Waals surface area (Å²) in [5, 5.41) is 2.73. The number of unbranched alkanes of at least 4 members (excludes halogenated alkanes) is 2. The minimum absolute atomic E-state index is 0.133. The number of benzene rings is 1. The van der Waals surface area contributed by atoms with Gasteiger partial charge in [-0.3, -0.25) is 4.79 Å². The van der Waals surface area contributed by atoms with Crippen LogP contribution in [0, 0.1) is 5.82 Å². The quantitative estimate of drug-likeness (QED) is 0.613. The summed E-state index contributed by atoms with van der Waals surface area (Å²) < 4.78 is 18.2. The van der Waals surface area contributed by atoms with Gasteiger partial charge in [-0.25, -0.2) is 4.39 Å². The van der Waals surface area contributed by atoms with E-state index >= 15 is 0 Å². The van der Waals surface area contributed by atoms with Gasteiger partial charge in [0, 0.05) is 18.0 Å². The van der Waals surface area contributed by atoms with Crippen LogP contribution in [-0.2, 0) is 0 Å². The van der Waals surface area contributed by atoms with Crippen molar-refractivity contribution in [3.05, 3.63) is 29.6 Å². The number of amides is 1. The van der Waals surface area contributed by atoms with Crippen LogP contribution in [0.5, 0.6) is 5.75 Å². The zero-order valence-corrected chi connectivity index (χ0v) is 11.1. The Morgan fingerprint density at radius 1 is 1.39 bits per heavy atom. The van der Waals surface area contributed by atoms with E-state index < -0.39 is 5.82 Å². The van der Waals surface area contributed by atoms with Gasteiger partial charge in [0.15, 0.2) is 11.6 Å². The largest absolute Gasteiger partial charge is 0.494 e. The molecule has 0 aromatic heterocycles. The first-order chi connectivity index (χ1) is 8.69. The second-order valence-electron chi connectivity index (χ2n) is 3.85. The Morgan fingerprint density at radius 3 is 2.78 bits per heavy atom. The van der Waals surface area contributed by atoms with E-state index in [0.717, 1.165) is 19.3 Å². The maximum Gasteiger partial charge on any atom is 0.251 e. The number of carbonyl (C=O) groups is 1. The fourth-order valence-electron chi connectivity index (χ4n) is 1.51. The number of hydrogen-bond donors (Lipinski definition) is 1. The highest BCUT2D eigenvalue weighted by atomic mass is 35.5. The molecule has 0 aliphatic carbocycles. The lowest BCUT2D eigenvalue weighted by atomic mass is 10.2. The predicted octanol–water partition coefficient (Wildman–Crippen LogP) is 2.97. The molecule has 0 radical (unpaired) electrons. The molecule has 1 aromatic carbocycles. The molecule has 0 saturated carbocycles. The Hall–Kier alpha value is -1.29. The summed E-state index contributed by atoms with van der Waals surface area (Å²) in [4.78, 5) is 11.7. The van der Waals surface area contributed by atoms with Crippen LogP contribution in [0.3, 0.4) is 0 Å². The van der Waals surface area contributed by atoms with E-state index in [9.17, 15) is 9.18 Å². The lowest BCUT2D eigenvalue weighted by Gasteiger charge is -2.06. The molecule has 100 valence electrons. The average molecular weight is 274 g/mol. The molecule has 1 aromatic rings. The first kappa shape index (κ1) is 14.8. The molecular formula is C13H17ClFNO2. The van der Waals surface area contributed by atoms with Crippen molar-refractivity contribution in [3.63, 3.8) is 0 Å². The number of ether oxygens (including phenoxy) is 1. The summed E-state index contributed by atoms with van der Waals surface area (Å²) in [5.41, 5.74) is 0.297. The SMILES string of the molecule is COc1ccc(C(=O)NCCCCCCl)cc1F. The van der Waals surface area contributed by atoms with E-state index in [0.29, 0.717) is 18.0 Å². The van der Waals surface area contributed by atoms with Crippen molar-refractivity contribution in [2.45, 2.75) is 19.3 Å². The third-order valence-corrected chi connectivity index (χ3v) is 2.78. The summed E-state index contributed by atoms with van der Waals surface area (Å²) in [5.74, 6) is -0.0409. The van der Waals surface area contributed by atoms with E-state index in [-0.39, 0.29) is 11.7 Å². The molecule has 1 amide bonds. The summed E-state index contributed by atoms with van der Waals surface area (Å²) in [6, 6.07) is 4.15. The second kappa shape index (κ2) is 7.93. The molecule has 0 spiro atoms. The molecule has 0 aliphatic heterocycles. The fraction of sp³-hybridized carbons (Fsp3) is 0.462. The number of hydrogen-bond acceptors (Lipinski definition) is 2. The van der Waals surface area contributed by atoms with E-state index in [1.165, 1.54) is 25.3 Å². The predicted molar refractivity (Wildman–Crippen MR) is 69.9 cm³/mol. The zero-order valence-electron chi connectivity index (χ0n) is 10.3. The van der Waals surface area contributed by atoms with Gasteiger partial charge in [-0.15, -0.1) is 11.6 Å². The highest BCUT2D eigenvalue weighted by Gasteiger charge is 2.09. The molecule has 1 rings (SSSR count). The Morgan fingerprint density at radius 2 is 2.17 bits per heavy atom. The molecule has 0 unspecified atom stereocenters. The van der Waals surface area contributed by atoms with Crippen LogP contribution in [0.4, 0.5) is 4.39 Å². The van der Waals surface area contributed by atoms with Crippen LogP contribution >= 0.6 is 11.6 Å². The van der Waals surface area contributed by atoms with Crippen LogP contribution in [0.1, 0.15) is 29.6 Å². The standard InChI is InChI=1S/C13H17ClFNO2/c1-18-12-6-5-10(9-11(12)15)13(17)16-8-4-2-3-7-14/h5-6,9H,2-4,7-8H2,1H3,(H,16,17). The Balaban J connectivity index is 2.44. The minimum atomic E-state index is -0.535. The van der Waals surface area contributed by atoms with Gasteiger partial charge in [0.2, 0.25) is 0 Å². The third-order valence-electron chi connectivity index (χ3n) is 2.51. The maximum absolute atomic E-state index is 13.4. The van der Waals surface area contributed by atoms with Gasteiger partial charge in [-0.05, 0) is 31.0 Å². The van der Waals surface area contributed by atoms with Gasteiger partial charge < -0.3 is 10.1 Å². The van der Waals surface area contributed by atoms with E-state index in [4.69, 9.17) is 16.3 Å². The molecule has 0 aliphatic rings. The number of alkyl halides is 1. The van der Waals surface area contributed by atoms with Crippen LogP contribution < -0.4 is 10.1 Å². The van der Waals surface area contributed by atoms with Gasteiger partial charge in [0.1, 0.15) is 0 Å². The van der Waals surface area contributed by atoms with Crippen molar-refractivity contribution in [2.75, 3.05) is 19.5 Å². The van der Waals surface area contributed by atoms with E-state index in [2.05, 4.69) is 5.32 Å². The fourth-order valence-corrected chi connectivity index (χ4v) is 1.70. The maximum atomic E-state index is 13.4. The number of nitrogens with one attached hydrogen (secondary N) is 1. The number of carbonyl (C=O) groups excluding carboxylic acids is 1. The zero-order chi connectivity index (χ0) is 13.4. The molecule has 0 bridgehead atoms. The minimum Gasteiger partial charge on any atom is -0.494 e. The van der Waals surface area contributed by atoms with Crippen molar-refractivity contribution in [1.29, 1.82) is 0 Å². The van der Waals surface area contributed by atoms with Crippen LogP contribution in [-0.4, -0.2) is 25.4 Å². The van der Waals surface area contributed by atoms with Gasteiger partial charge in [0.05, 0.1) is 7.11 Å². The molecule has 18 heavy (non-hydrogen) atoms. The summed E-state index contributed by atoms with van der Waals surface area (Å²) >= 11 is 5.54. The van der Waals surface area contributed by atoms with Gasteiger partial charge in [-0.1, -0.05) is 6.42 Å². The van der Waals surface area contributed by atoms with E-state index in [1.54, 1.807) is 0 Å². The van der Waals surface area contributed by atoms with Crippen molar-refractivity contribution < 1.29 is 13.9 Å². The van der Waals surface area contributed by atoms with E-state index in [1.807, 2.05) is 0 Å². The smallest absolute Gasteiger partial charge is 0.251 e. The molecule has 0 saturated heterocycles. The highest BCUT2D eigenvalue weighted by molar-refractivity contribution is 6.17. The monoisotopic (exact) mass is 273 g/mol. The van der Waals surface area contributed by atoms with Crippen LogP contribution in [0.2, 0.25) is 0 Å². The van der Waals surface area contributed by atoms with Gasteiger partial charge in [-0.2, -0.15) is 0 Å². The number of methoxy groups -OCH3 is 1. The third kappa shape index (κ3) is 4.53. The molecule has 0 atom stereocenters. The van der Waals surface area contributed by atoms with Crippen molar-refractivity contribution in [2.24, 2.45) is 0 Å². The Kier molecular flexibility index (Phi) is 6.50. The highest BCUT2D eigenvalue weighted by Crippen LogP contribution is 2.17. The molecule has 0 fully saturated rings. The van der Waals surface area contributed by atoms with Crippen LogP contribution in [0.25, 0.3) is 0 Å². The first-order valence-corrected chi connectivity index (χ1v) is 6.40. The summed E-state index contributed by atoms with van der Waals surface area (Å²) in [6.07, 6.45) is 2.78.